The fourth-order valence-electron chi connectivity index (χ4n) is 2.31. The summed E-state index contributed by atoms with van der Waals surface area (Å²) in [6, 6.07) is 8.74. The van der Waals surface area contributed by atoms with Crippen LogP contribution in [0.25, 0.3) is 0 Å². The van der Waals surface area contributed by atoms with Crippen molar-refractivity contribution in [2.24, 2.45) is 5.73 Å². The van der Waals surface area contributed by atoms with Crippen molar-refractivity contribution < 1.29 is 4.79 Å². The predicted octanol–water partition coefficient (Wildman–Crippen LogP) is 2.93. The summed E-state index contributed by atoms with van der Waals surface area (Å²) in [4.78, 5) is 12.4. The van der Waals surface area contributed by atoms with Gasteiger partial charge in [-0.3, -0.25) is 9.48 Å². The van der Waals surface area contributed by atoms with E-state index in [1.807, 2.05) is 44.2 Å². The molecule has 0 amide bonds. The normalized spacial score (nSPS) is 12.4. The predicted molar refractivity (Wildman–Crippen MR) is 84.4 cm³/mol. The average Bonchev–Trinajstić information content (AvgIpc) is 2.83. The first-order chi connectivity index (χ1) is 10.1. The molecule has 2 rings (SSSR count). The molecule has 0 aliphatic carbocycles. The van der Waals surface area contributed by atoms with E-state index in [0.29, 0.717) is 11.6 Å². The second-order valence-corrected chi connectivity index (χ2v) is 5.29. The van der Waals surface area contributed by atoms with Gasteiger partial charge in [-0.15, -0.1) is 0 Å². The highest BCUT2D eigenvalue weighted by Gasteiger charge is 2.21. The highest BCUT2D eigenvalue weighted by atomic mass is 35.5. The van der Waals surface area contributed by atoms with Gasteiger partial charge in [-0.2, -0.15) is 5.10 Å². The third-order valence-corrected chi connectivity index (χ3v) is 3.98. The quantitative estimate of drug-likeness (QED) is 0.892. The highest BCUT2D eigenvalue weighted by Crippen LogP contribution is 2.24. The molecule has 1 aromatic heterocycles. The zero-order valence-corrected chi connectivity index (χ0v) is 13.1. The van der Waals surface area contributed by atoms with Crippen molar-refractivity contribution in [3.8, 4) is 0 Å². The fourth-order valence-corrected chi connectivity index (χ4v) is 2.64. The van der Waals surface area contributed by atoms with E-state index in [9.17, 15) is 4.79 Å². The van der Waals surface area contributed by atoms with Crippen LogP contribution in [-0.4, -0.2) is 15.6 Å². The number of nitrogens with zero attached hydrogens (tertiary/aromatic N) is 2. The van der Waals surface area contributed by atoms with Gasteiger partial charge in [0.1, 0.15) is 0 Å². The number of carbonyl (C=O) groups excluding carboxylic acids is 1. The third-order valence-electron chi connectivity index (χ3n) is 3.54. The summed E-state index contributed by atoms with van der Waals surface area (Å²) in [6.07, 6.45) is 0.952. The third kappa shape index (κ3) is 3.34. The molecular formula is C16H20ClN3O. The van der Waals surface area contributed by atoms with E-state index in [1.165, 1.54) is 0 Å². The Labute approximate surface area is 129 Å². The van der Waals surface area contributed by atoms with Crippen LogP contribution in [0.15, 0.2) is 30.3 Å². The number of hydrogen-bond acceptors (Lipinski definition) is 3. The Hall–Kier alpha value is -1.65. The number of carbonyl (C=O) groups is 1. The number of nitrogens with two attached hydrogens (primary N) is 1. The molecule has 1 heterocycles. The first-order valence-corrected chi connectivity index (χ1v) is 7.53. The van der Waals surface area contributed by atoms with Crippen LogP contribution in [0.2, 0.25) is 5.02 Å². The molecule has 0 spiro atoms. The molecule has 2 N–H and O–H groups in total. The molecule has 5 heteroatoms. The van der Waals surface area contributed by atoms with E-state index in [1.54, 1.807) is 4.68 Å². The number of aromatic nitrogens is 2. The van der Waals surface area contributed by atoms with Gasteiger partial charge in [0.15, 0.2) is 5.78 Å². The van der Waals surface area contributed by atoms with Crippen LogP contribution in [0.5, 0.6) is 0 Å². The number of halogens is 1. The second kappa shape index (κ2) is 6.87. The first kappa shape index (κ1) is 15.7. The van der Waals surface area contributed by atoms with E-state index in [4.69, 9.17) is 17.3 Å². The molecule has 21 heavy (non-hydrogen) atoms. The summed E-state index contributed by atoms with van der Waals surface area (Å²) in [5.74, 6) is -0.0552. The molecule has 0 saturated heterocycles. The molecule has 2 aromatic rings. The van der Waals surface area contributed by atoms with E-state index in [2.05, 4.69) is 5.10 Å². The number of benzene rings is 1. The summed E-state index contributed by atoms with van der Waals surface area (Å²) < 4.78 is 1.79. The van der Waals surface area contributed by atoms with E-state index in [0.717, 1.165) is 23.4 Å². The second-order valence-electron chi connectivity index (χ2n) is 4.91. The minimum Gasteiger partial charge on any atom is -0.318 e. The Morgan fingerprint density at radius 3 is 2.57 bits per heavy atom. The molecule has 1 aromatic carbocycles. The lowest BCUT2D eigenvalue weighted by atomic mass is 10.0. The van der Waals surface area contributed by atoms with Gasteiger partial charge in [0.25, 0.3) is 0 Å². The summed E-state index contributed by atoms with van der Waals surface area (Å²) in [7, 11) is 0. The Balaban J connectivity index is 2.22. The summed E-state index contributed by atoms with van der Waals surface area (Å²) >= 11 is 6.33. The zero-order chi connectivity index (χ0) is 15.4. The van der Waals surface area contributed by atoms with Crippen molar-refractivity contribution >= 4 is 17.4 Å². The van der Waals surface area contributed by atoms with Gasteiger partial charge >= 0.3 is 0 Å². The molecule has 0 bridgehead atoms. The number of hydrogen-bond donors (Lipinski definition) is 1. The molecule has 0 aliphatic heterocycles. The minimum absolute atomic E-state index is 0.0552. The van der Waals surface area contributed by atoms with Gasteiger partial charge in [0.05, 0.1) is 28.9 Å². The van der Waals surface area contributed by atoms with Crippen molar-refractivity contribution in [3.63, 3.8) is 0 Å². The van der Waals surface area contributed by atoms with Crippen LogP contribution in [0.4, 0.5) is 0 Å². The van der Waals surface area contributed by atoms with Gasteiger partial charge in [0.2, 0.25) is 0 Å². The maximum absolute atomic E-state index is 12.4. The van der Waals surface area contributed by atoms with Crippen LogP contribution < -0.4 is 5.73 Å². The lowest BCUT2D eigenvalue weighted by molar-refractivity contribution is -0.119. The number of Topliss-reactive ketones (excluding diaryl/α,β-unsaturated/α-hetero) is 1. The Morgan fingerprint density at radius 1 is 1.33 bits per heavy atom. The highest BCUT2D eigenvalue weighted by molar-refractivity contribution is 6.32. The molecule has 0 fully saturated rings. The summed E-state index contributed by atoms with van der Waals surface area (Å²) in [5, 5.41) is 5.01. The van der Waals surface area contributed by atoms with Crippen molar-refractivity contribution in [2.45, 2.75) is 39.3 Å². The molecule has 0 saturated carbocycles. The van der Waals surface area contributed by atoms with Crippen molar-refractivity contribution in [1.29, 1.82) is 0 Å². The van der Waals surface area contributed by atoms with Crippen LogP contribution in [0.1, 0.15) is 36.8 Å². The lowest BCUT2D eigenvalue weighted by Crippen LogP contribution is -2.24. The minimum atomic E-state index is -0.632. The monoisotopic (exact) mass is 305 g/mol. The fraction of sp³-hybridized carbons (Fsp3) is 0.375. The van der Waals surface area contributed by atoms with Gasteiger partial charge in [-0.25, -0.2) is 0 Å². The average molecular weight is 306 g/mol. The van der Waals surface area contributed by atoms with Gasteiger partial charge in [-0.1, -0.05) is 48.9 Å². The SMILES string of the molecule is CCc1nn(CC)c(CC(=O)[C@H](N)c2ccccc2)c1Cl. The standard InChI is InChI=1S/C16H20ClN3O/c1-3-12-15(17)13(20(4-2)19-12)10-14(21)16(18)11-8-6-5-7-9-11/h5-9,16H,3-4,10,18H2,1-2H3/t16-/m1/s1. The van der Waals surface area contributed by atoms with Crippen molar-refractivity contribution in [3.05, 3.63) is 52.3 Å². The summed E-state index contributed by atoms with van der Waals surface area (Å²) in [5.41, 5.74) is 8.45. The molecule has 0 radical (unpaired) electrons. The maximum Gasteiger partial charge on any atom is 0.160 e. The number of ketones is 1. The van der Waals surface area contributed by atoms with Crippen LogP contribution in [-0.2, 0) is 24.2 Å². The molecule has 0 unspecified atom stereocenters. The molecule has 112 valence electrons. The van der Waals surface area contributed by atoms with Gasteiger partial charge < -0.3 is 5.73 Å². The summed E-state index contributed by atoms with van der Waals surface area (Å²) in [6.45, 7) is 4.66. The Morgan fingerprint density at radius 2 is 2.00 bits per heavy atom. The van der Waals surface area contributed by atoms with Crippen molar-refractivity contribution in [2.75, 3.05) is 0 Å². The van der Waals surface area contributed by atoms with Crippen LogP contribution >= 0.6 is 11.6 Å². The van der Waals surface area contributed by atoms with Gasteiger partial charge in [-0.05, 0) is 18.9 Å². The van der Waals surface area contributed by atoms with E-state index in [-0.39, 0.29) is 12.2 Å². The van der Waals surface area contributed by atoms with Crippen molar-refractivity contribution in [1.82, 2.24) is 9.78 Å². The Kier molecular flexibility index (Phi) is 5.15. The number of aryl methyl sites for hydroxylation is 2. The topological polar surface area (TPSA) is 60.9 Å². The molecular weight excluding hydrogens is 286 g/mol. The Bertz CT molecular complexity index is 622. The first-order valence-electron chi connectivity index (χ1n) is 7.15. The molecule has 0 aliphatic rings. The largest absolute Gasteiger partial charge is 0.318 e. The van der Waals surface area contributed by atoms with E-state index >= 15 is 0 Å². The molecule has 4 nitrogen and oxygen atoms in total. The smallest absolute Gasteiger partial charge is 0.160 e. The van der Waals surface area contributed by atoms with Gasteiger partial charge in [0, 0.05) is 6.54 Å². The van der Waals surface area contributed by atoms with Crippen LogP contribution in [0.3, 0.4) is 0 Å². The zero-order valence-electron chi connectivity index (χ0n) is 12.3. The van der Waals surface area contributed by atoms with E-state index < -0.39 is 6.04 Å². The van der Waals surface area contributed by atoms with Crippen LogP contribution in [0, 0.1) is 0 Å². The lowest BCUT2D eigenvalue weighted by Gasteiger charge is -2.11. The maximum atomic E-state index is 12.4. The number of rotatable bonds is 6. The molecule has 1 atom stereocenters.